The van der Waals surface area contributed by atoms with Gasteiger partial charge in [0.05, 0.1) is 0 Å². The van der Waals surface area contributed by atoms with Crippen LogP contribution in [0.25, 0.3) is 0 Å². The van der Waals surface area contributed by atoms with Gasteiger partial charge >= 0.3 is 0 Å². The Kier molecular flexibility index (Phi) is 3.98. The molecule has 0 bridgehead atoms. The molecule has 1 nitrogen and oxygen atoms in total. The van der Waals surface area contributed by atoms with Gasteiger partial charge < -0.3 is 0 Å². The second-order valence-electron chi connectivity index (χ2n) is 5.38. The van der Waals surface area contributed by atoms with E-state index in [0.717, 1.165) is 35.4 Å². The molecule has 92 valence electrons. The van der Waals surface area contributed by atoms with Crippen LogP contribution in [0, 0.1) is 19.8 Å². The molecule has 0 N–H and O–H groups in total. The Morgan fingerprint density at radius 3 is 2.35 bits per heavy atom. The lowest BCUT2D eigenvalue weighted by Crippen LogP contribution is -2.06. The highest BCUT2D eigenvalue weighted by Gasteiger charge is 2.18. The van der Waals surface area contributed by atoms with Crippen molar-refractivity contribution in [2.75, 3.05) is 0 Å². The minimum Gasteiger partial charge on any atom is -0.294 e. The average Bonchev–Trinajstić information content (AvgIpc) is 2.79. The summed E-state index contributed by atoms with van der Waals surface area (Å²) in [5.74, 6) is 1.15. The number of aryl methyl sites for hydroxylation is 2. The third-order valence-electron chi connectivity index (χ3n) is 4.01. The van der Waals surface area contributed by atoms with Crippen LogP contribution in [0.5, 0.6) is 0 Å². The van der Waals surface area contributed by atoms with E-state index in [-0.39, 0.29) is 0 Å². The fourth-order valence-electron chi connectivity index (χ4n) is 3.01. The van der Waals surface area contributed by atoms with Crippen LogP contribution in [-0.2, 0) is 0 Å². The van der Waals surface area contributed by atoms with Crippen molar-refractivity contribution < 1.29 is 4.79 Å². The van der Waals surface area contributed by atoms with Gasteiger partial charge in [-0.15, -0.1) is 0 Å². The van der Waals surface area contributed by atoms with Crippen molar-refractivity contribution in [2.45, 2.75) is 52.4 Å². The molecule has 1 aromatic rings. The van der Waals surface area contributed by atoms with Gasteiger partial charge in [-0.3, -0.25) is 4.79 Å². The van der Waals surface area contributed by atoms with Crippen LogP contribution >= 0.6 is 0 Å². The van der Waals surface area contributed by atoms with Crippen LogP contribution in [0.2, 0.25) is 0 Å². The summed E-state index contributed by atoms with van der Waals surface area (Å²) in [7, 11) is 0. The van der Waals surface area contributed by atoms with Gasteiger partial charge in [-0.05, 0) is 37.3 Å². The Labute approximate surface area is 104 Å². The summed E-state index contributed by atoms with van der Waals surface area (Å²) in [6.45, 7) is 4.08. The van der Waals surface area contributed by atoms with Crippen LogP contribution in [-0.4, -0.2) is 5.78 Å². The summed E-state index contributed by atoms with van der Waals surface area (Å²) in [4.78, 5) is 12.2. The number of ketones is 1. The standard InChI is InChI=1S/C16H22O/c1-12-6-5-7-13(2)16(12)15(17)11-10-14-8-3-4-9-14/h5-7,14H,3-4,8-11H2,1-2H3. The summed E-state index contributed by atoms with van der Waals surface area (Å²) in [6, 6.07) is 6.10. The first-order valence-corrected chi connectivity index (χ1v) is 6.78. The Morgan fingerprint density at radius 2 is 1.76 bits per heavy atom. The molecule has 0 unspecified atom stereocenters. The summed E-state index contributed by atoms with van der Waals surface area (Å²) < 4.78 is 0. The highest BCUT2D eigenvalue weighted by Crippen LogP contribution is 2.29. The summed E-state index contributed by atoms with van der Waals surface area (Å²) in [6.07, 6.45) is 7.22. The summed E-state index contributed by atoms with van der Waals surface area (Å²) >= 11 is 0. The van der Waals surface area contributed by atoms with E-state index in [1.54, 1.807) is 0 Å². The monoisotopic (exact) mass is 230 g/mol. The number of rotatable bonds is 4. The third kappa shape index (κ3) is 2.96. The molecular weight excluding hydrogens is 208 g/mol. The number of hydrogen-bond acceptors (Lipinski definition) is 1. The largest absolute Gasteiger partial charge is 0.294 e. The smallest absolute Gasteiger partial charge is 0.163 e. The fourth-order valence-corrected chi connectivity index (χ4v) is 3.01. The van der Waals surface area contributed by atoms with Crippen molar-refractivity contribution in [3.05, 3.63) is 34.9 Å². The second kappa shape index (κ2) is 5.48. The van der Waals surface area contributed by atoms with E-state index >= 15 is 0 Å². The van der Waals surface area contributed by atoms with E-state index < -0.39 is 0 Å². The van der Waals surface area contributed by atoms with E-state index in [4.69, 9.17) is 0 Å². The maximum atomic E-state index is 12.2. The molecule has 1 saturated carbocycles. The van der Waals surface area contributed by atoms with Gasteiger partial charge in [-0.1, -0.05) is 43.9 Å². The summed E-state index contributed by atoms with van der Waals surface area (Å²) in [5.41, 5.74) is 3.22. The van der Waals surface area contributed by atoms with Gasteiger partial charge in [0.15, 0.2) is 5.78 Å². The van der Waals surface area contributed by atoms with E-state index in [2.05, 4.69) is 0 Å². The van der Waals surface area contributed by atoms with Crippen molar-refractivity contribution in [3.63, 3.8) is 0 Å². The molecular formula is C16H22O. The van der Waals surface area contributed by atoms with Crippen LogP contribution < -0.4 is 0 Å². The lowest BCUT2D eigenvalue weighted by molar-refractivity contribution is 0.0972. The minimum atomic E-state index is 0.340. The maximum Gasteiger partial charge on any atom is 0.163 e. The highest BCUT2D eigenvalue weighted by atomic mass is 16.1. The predicted octanol–water partition coefficient (Wildman–Crippen LogP) is 4.46. The molecule has 0 heterocycles. The Balaban J connectivity index is 1.99. The van der Waals surface area contributed by atoms with Gasteiger partial charge in [-0.25, -0.2) is 0 Å². The van der Waals surface area contributed by atoms with Gasteiger partial charge in [0, 0.05) is 12.0 Å². The lowest BCUT2D eigenvalue weighted by atomic mass is 9.93. The van der Waals surface area contributed by atoms with E-state index in [1.165, 1.54) is 25.7 Å². The van der Waals surface area contributed by atoms with Crippen LogP contribution in [0.4, 0.5) is 0 Å². The minimum absolute atomic E-state index is 0.340. The van der Waals surface area contributed by atoms with Crippen molar-refractivity contribution in [1.29, 1.82) is 0 Å². The molecule has 0 atom stereocenters. The normalized spacial score (nSPS) is 16.4. The fraction of sp³-hybridized carbons (Fsp3) is 0.562. The topological polar surface area (TPSA) is 17.1 Å². The highest BCUT2D eigenvalue weighted by molar-refractivity contribution is 5.98. The lowest BCUT2D eigenvalue weighted by Gasteiger charge is -2.11. The summed E-state index contributed by atoms with van der Waals surface area (Å²) in [5, 5.41) is 0. The number of benzene rings is 1. The van der Waals surface area contributed by atoms with Gasteiger partial charge in [0.25, 0.3) is 0 Å². The van der Waals surface area contributed by atoms with Gasteiger partial charge in [0.2, 0.25) is 0 Å². The van der Waals surface area contributed by atoms with Gasteiger partial charge in [0.1, 0.15) is 0 Å². The zero-order valence-electron chi connectivity index (χ0n) is 11.0. The maximum absolute atomic E-state index is 12.2. The molecule has 0 radical (unpaired) electrons. The molecule has 1 aliphatic rings. The molecule has 1 heteroatoms. The van der Waals surface area contributed by atoms with Crippen molar-refractivity contribution >= 4 is 5.78 Å². The van der Waals surface area contributed by atoms with Crippen molar-refractivity contribution in [3.8, 4) is 0 Å². The Hall–Kier alpha value is -1.11. The molecule has 2 rings (SSSR count). The van der Waals surface area contributed by atoms with Crippen LogP contribution in [0.3, 0.4) is 0 Å². The van der Waals surface area contributed by atoms with E-state index in [9.17, 15) is 4.79 Å². The molecule has 1 aliphatic carbocycles. The van der Waals surface area contributed by atoms with Crippen LogP contribution in [0.15, 0.2) is 18.2 Å². The van der Waals surface area contributed by atoms with Crippen molar-refractivity contribution in [2.24, 2.45) is 5.92 Å². The zero-order chi connectivity index (χ0) is 12.3. The number of Topliss-reactive ketones (excluding diaryl/α,β-unsaturated/α-hetero) is 1. The van der Waals surface area contributed by atoms with Crippen molar-refractivity contribution in [1.82, 2.24) is 0 Å². The average molecular weight is 230 g/mol. The SMILES string of the molecule is Cc1cccc(C)c1C(=O)CCC1CCCC1. The molecule has 0 spiro atoms. The number of carbonyl (C=O) groups excluding carboxylic acids is 1. The Morgan fingerprint density at radius 1 is 1.18 bits per heavy atom. The molecule has 0 saturated heterocycles. The first-order valence-electron chi connectivity index (χ1n) is 6.78. The molecule has 17 heavy (non-hydrogen) atoms. The van der Waals surface area contributed by atoms with E-state index in [0.29, 0.717) is 5.78 Å². The quantitative estimate of drug-likeness (QED) is 0.698. The first-order chi connectivity index (χ1) is 8.18. The molecule has 0 amide bonds. The number of carbonyl (C=O) groups is 1. The zero-order valence-corrected chi connectivity index (χ0v) is 11.0. The molecule has 1 fully saturated rings. The third-order valence-corrected chi connectivity index (χ3v) is 4.01. The first kappa shape index (κ1) is 12.3. The Bertz CT molecular complexity index is 380. The second-order valence-corrected chi connectivity index (χ2v) is 5.38. The van der Waals surface area contributed by atoms with Crippen LogP contribution in [0.1, 0.15) is 60.0 Å². The molecule has 0 aliphatic heterocycles. The predicted molar refractivity (Wildman–Crippen MR) is 71.4 cm³/mol. The van der Waals surface area contributed by atoms with E-state index in [1.807, 2.05) is 32.0 Å². The molecule has 1 aromatic carbocycles. The van der Waals surface area contributed by atoms with Gasteiger partial charge in [-0.2, -0.15) is 0 Å². The molecule has 0 aromatic heterocycles. The number of hydrogen-bond donors (Lipinski definition) is 0.